The van der Waals surface area contributed by atoms with Gasteiger partial charge in [0.25, 0.3) is 0 Å². The van der Waals surface area contributed by atoms with Crippen molar-refractivity contribution in [3.05, 3.63) is 101 Å². The van der Waals surface area contributed by atoms with Crippen LogP contribution in [0.3, 0.4) is 0 Å². The van der Waals surface area contributed by atoms with Crippen molar-refractivity contribution in [3.63, 3.8) is 0 Å². The first kappa shape index (κ1) is 30.6. The normalized spacial score (nSPS) is 14.1. The van der Waals surface area contributed by atoms with Gasteiger partial charge in [-0.05, 0) is 29.8 Å². The van der Waals surface area contributed by atoms with E-state index in [9.17, 15) is 18.3 Å². The lowest BCUT2D eigenvalue weighted by molar-refractivity contribution is -0.134. The van der Waals surface area contributed by atoms with Crippen LogP contribution < -0.4 is 14.8 Å². The van der Waals surface area contributed by atoms with Crippen LogP contribution in [0.5, 0.6) is 5.75 Å². The summed E-state index contributed by atoms with van der Waals surface area (Å²) in [5, 5.41) is 25.5. The molecule has 3 aromatic rings. The van der Waals surface area contributed by atoms with Gasteiger partial charge in [0, 0.05) is 37.1 Å². The number of nitrogen functional groups attached to an aromatic ring is 1. The summed E-state index contributed by atoms with van der Waals surface area (Å²) in [5.41, 5.74) is 7.82. The molecule has 1 heterocycles. The van der Waals surface area contributed by atoms with E-state index in [0.717, 1.165) is 9.87 Å². The molecule has 4 rings (SSSR count). The van der Waals surface area contributed by atoms with Gasteiger partial charge in [-0.1, -0.05) is 72.3 Å². The summed E-state index contributed by atoms with van der Waals surface area (Å²) >= 11 is 6.53. The summed E-state index contributed by atoms with van der Waals surface area (Å²) in [6.07, 6.45) is 4.48. The SMILES string of the molecule is N=C(N)c1cccc(C=CCN(c2ccc(OC3CCN(C(=N)c4ccccc4)CC3)c(Cl)c2)S(=O)(=O)CC(=O)O)c1. The molecule has 3 aromatic carbocycles. The van der Waals surface area contributed by atoms with Crippen molar-refractivity contribution < 1.29 is 23.1 Å². The van der Waals surface area contributed by atoms with Crippen molar-refractivity contribution in [1.29, 1.82) is 10.8 Å². The molecule has 10 nitrogen and oxygen atoms in total. The van der Waals surface area contributed by atoms with Gasteiger partial charge in [-0.25, -0.2) is 8.42 Å². The fraction of sp³-hybridized carbons (Fsp3) is 0.233. The van der Waals surface area contributed by atoms with E-state index in [2.05, 4.69) is 0 Å². The van der Waals surface area contributed by atoms with Gasteiger partial charge in [-0.3, -0.25) is 19.9 Å². The number of hydrogen-bond donors (Lipinski definition) is 4. The molecule has 42 heavy (non-hydrogen) atoms. The standard InChI is InChI=1S/C30H32ClN5O5S/c31-26-19-24(11-12-27(26)41-25-13-16-35(17-14-25)30(34)22-8-2-1-3-9-22)36(42(39,40)20-28(37)38)15-5-7-21-6-4-10-23(18-21)29(32)33/h1-12,18-19,25,34H,13-17,20H2,(H3,32,33)(H,37,38). The van der Waals surface area contributed by atoms with Crippen molar-refractivity contribution in [2.24, 2.45) is 5.73 Å². The van der Waals surface area contributed by atoms with Crippen molar-refractivity contribution in [1.82, 2.24) is 4.90 Å². The Morgan fingerprint density at radius 3 is 2.38 bits per heavy atom. The number of carboxylic acids is 1. The summed E-state index contributed by atoms with van der Waals surface area (Å²) in [6, 6.07) is 21.0. The van der Waals surface area contributed by atoms with E-state index in [0.29, 0.717) is 48.6 Å². The number of nitrogens with two attached hydrogens (primary N) is 1. The number of hydrogen-bond acceptors (Lipinski definition) is 6. The summed E-state index contributed by atoms with van der Waals surface area (Å²) in [6.45, 7) is 1.15. The molecule has 0 bridgehead atoms. The maximum absolute atomic E-state index is 13.0. The second kappa shape index (κ2) is 13.5. The van der Waals surface area contributed by atoms with E-state index >= 15 is 0 Å². The number of piperidine rings is 1. The van der Waals surface area contributed by atoms with Crippen molar-refractivity contribution in [3.8, 4) is 5.75 Å². The molecule has 0 saturated carbocycles. The molecule has 12 heteroatoms. The molecule has 0 aromatic heterocycles. The Bertz CT molecular complexity index is 1590. The van der Waals surface area contributed by atoms with Crippen molar-refractivity contribution in [2.75, 3.05) is 29.7 Å². The molecule has 220 valence electrons. The third-order valence-corrected chi connectivity index (χ3v) is 8.66. The van der Waals surface area contributed by atoms with E-state index in [1.165, 1.54) is 12.1 Å². The highest BCUT2D eigenvalue weighted by molar-refractivity contribution is 7.93. The molecule has 1 aliphatic rings. The number of anilines is 1. The highest BCUT2D eigenvalue weighted by Crippen LogP contribution is 2.33. The van der Waals surface area contributed by atoms with Crippen LogP contribution in [0.1, 0.15) is 29.5 Å². The molecule has 0 aliphatic carbocycles. The number of ether oxygens (including phenoxy) is 1. The van der Waals surface area contributed by atoms with E-state index in [-0.39, 0.29) is 29.2 Å². The molecular formula is C30H32ClN5O5S. The molecule has 1 saturated heterocycles. The third kappa shape index (κ3) is 7.89. The molecule has 0 amide bonds. The molecule has 0 atom stereocenters. The number of amidine groups is 2. The van der Waals surface area contributed by atoms with Gasteiger partial charge in [-0.15, -0.1) is 0 Å². The minimum absolute atomic E-state index is 0.0925. The lowest BCUT2D eigenvalue weighted by Crippen LogP contribution is -2.41. The second-order valence-corrected chi connectivity index (χ2v) is 12.1. The maximum atomic E-state index is 13.0. The molecule has 5 N–H and O–H groups in total. The van der Waals surface area contributed by atoms with Crippen molar-refractivity contribution >= 4 is 51.0 Å². The monoisotopic (exact) mass is 609 g/mol. The zero-order chi connectivity index (χ0) is 30.3. The predicted octanol–water partition coefficient (Wildman–Crippen LogP) is 4.43. The van der Waals surface area contributed by atoms with E-state index in [1.54, 1.807) is 42.5 Å². The van der Waals surface area contributed by atoms with E-state index in [4.69, 9.17) is 32.9 Å². The van der Waals surface area contributed by atoms with Crippen LogP contribution in [0.4, 0.5) is 5.69 Å². The Kier molecular flexibility index (Phi) is 9.87. The Hall–Kier alpha value is -4.35. The van der Waals surface area contributed by atoms with Crippen LogP contribution in [0, 0.1) is 10.8 Å². The quantitative estimate of drug-likeness (QED) is 0.185. The Morgan fingerprint density at radius 2 is 1.74 bits per heavy atom. The zero-order valence-electron chi connectivity index (χ0n) is 22.7. The third-order valence-electron chi connectivity index (χ3n) is 6.72. The molecule has 1 fully saturated rings. The second-order valence-electron chi connectivity index (χ2n) is 9.76. The fourth-order valence-corrected chi connectivity index (χ4v) is 6.04. The fourth-order valence-electron chi connectivity index (χ4n) is 4.60. The molecule has 0 unspecified atom stereocenters. The molecule has 0 spiro atoms. The molecular weight excluding hydrogens is 578 g/mol. The van der Waals surface area contributed by atoms with E-state index in [1.807, 2.05) is 35.2 Å². The molecule has 1 aliphatic heterocycles. The van der Waals surface area contributed by atoms with Gasteiger partial charge in [0.05, 0.1) is 17.3 Å². The largest absolute Gasteiger partial charge is 0.489 e. The van der Waals surface area contributed by atoms with Crippen LogP contribution in [-0.2, 0) is 14.8 Å². The number of halogens is 1. The summed E-state index contributed by atoms with van der Waals surface area (Å²) in [7, 11) is -4.24. The average Bonchev–Trinajstić information content (AvgIpc) is 2.96. The predicted molar refractivity (Wildman–Crippen MR) is 165 cm³/mol. The van der Waals surface area contributed by atoms with Gasteiger partial charge in [0.2, 0.25) is 10.0 Å². The number of carboxylic acid groups (broad SMARTS) is 1. The lowest BCUT2D eigenvalue weighted by Gasteiger charge is -2.34. The number of likely N-dealkylation sites (tertiary alicyclic amines) is 1. The van der Waals surface area contributed by atoms with Gasteiger partial charge in [-0.2, -0.15) is 0 Å². The number of nitrogens with one attached hydrogen (secondary N) is 2. The van der Waals surface area contributed by atoms with Gasteiger partial charge in [0.1, 0.15) is 23.5 Å². The highest BCUT2D eigenvalue weighted by Gasteiger charge is 2.27. The number of nitrogens with zero attached hydrogens (tertiary/aromatic N) is 2. The average molecular weight is 610 g/mol. The van der Waals surface area contributed by atoms with Gasteiger partial charge in [0.15, 0.2) is 5.75 Å². The lowest BCUT2D eigenvalue weighted by atomic mass is 10.1. The summed E-state index contributed by atoms with van der Waals surface area (Å²) in [5.74, 6) is -1.79. The highest BCUT2D eigenvalue weighted by atomic mass is 35.5. The molecule has 0 radical (unpaired) electrons. The van der Waals surface area contributed by atoms with E-state index < -0.39 is 21.7 Å². The number of carbonyl (C=O) groups is 1. The topological polar surface area (TPSA) is 161 Å². The van der Waals surface area contributed by atoms with Crippen molar-refractivity contribution in [2.45, 2.75) is 18.9 Å². The van der Waals surface area contributed by atoms with Crippen LogP contribution in [0.15, 0.2) is 78.9 Å². The van der Waals surface area contributed by atoms with Crippen LogP contribution >= 0.6 is 11.6 Å². The first-order chi connectivity index (χ1) is 20.0. The Morgan fingerprint density at radius 1 is 1.05 bits per heavy atom. The zero-order valence-corrected chi connectivity index (χ0v) is 24.3. The Balaban J connectivity index is 1.46. The minimum Gasteiger partial charge on any atom is -0.489 e. The minimum atomic E-state index is -4.24. The first-order valence-electron chi connectivity index (χ1n) is 13.2. The summed E-state index contributed by atoms with van der Waals surface area (Å²) < 4.78 is 33.1. The van der Waals surface area contributed by atoms with Gasteiger partial charge < -0.3 is 20.5 Å². The number of aliphatic carboxylic acids is 1. The number of rotatable bonds is 11. The Labute approximate surface area is 250 Å². The first-order valence-corrected chi connectivity index (χ1v) is 15.2. The van der Waals surface area contributed by atoms with Crippen LogP contribution in [0.2, 0.25) is 5.02 Å². The maximum Gasteiger partial charge on any atom is 0.320 e. The smallest absolute Gasteiger partial charge is 0.320 e. The van der Waals surface area contributed by atoms with Crippen LogP contribution in [-0.4, -0.2) is 67.6 Å². The number of benzene rings is 3. The number of sulfonamides is 1. The summed E-state index contributed by atoms with van der Waals surface area (Å²) in [4.78, 5) is 13.3. The van der Waals surface area contributed by atoms with Crippen LogP contribution in [0.25, 0.3) is 6.08 Å². The van der Waals surface area contributed by atoms with Gasteiger partial charge >= 0.3 is 5.97 Å².